The molecule has 1 amide bonds. The number of hydrogen-bond donors (Lipinski definition) is 1. The van der Waals surface area contributed by atoms with Gasteiger partial charge in [-0.2, -0.15) is 0 Å². The number of nitrogens with zero attached hydrogens (tertiary/aromatic N) is 3. The van der Waals surface area contributed by atoms with Crippen molar-refractivity contribution < 1.29 is 4.79 Å². The molecule has 1 atom stereocenters. The monoisotopic (exact) mass is 386 g/mol. The molecule has 1 aromatic carbocycles. The topological polar surface area (TPSA) is 59.8 Å². The Morgan fingerprint density at radius 2 is 1.96 bits per heavy atom. The van der Waals surface area contributed by atoms with Crippen molar-refractivity contribution in [2.24, 2.45) is 0 Å². The molecule has 27 heavy (non-hydrogen) atoms. The minimum Gasteiger partial charge on any atom is -0.355 e. The van der Waals surface area contributed by atoms with E-state index in [1.54, 1.807) is 0 Å². The minimum atomic E-state index is -0.236. The Morgan fingerprint density at radius 1 is 1.30 bits per heavy atom. The zero-order valence-corrected chi connectivity index (χ0v) is 17.8. The number of nitrogens with one attached hydrogen (secondary N) is 1. The highest BCUT2D eigenvalue weighted by Crippen LogP contribution is 2.29. The Morgan fingerprint density at radius 3 is 2.52 bits per heavy atom. The molecule has 1 aromatic heterocycles. The number of thioether (sulfide) groups is 1. The smallest absolute Gasteiger partial charge is 0.233 e. The second-order valence-corrected chi connectivity index (χ2v) is 8.89. The third-order valence-electron chi connectivity index (χ3n) is 4.24. The van der Waals surface area contributed by atoms with Gasteiger partial charge in [0.2, 0.25) is 5.91 Å². The average Bonchev–Trinajstić information content (AvgIpc) is 3.01. The Balaban J connectivity index is 2.26. The van der Waals surface area contributed by atoms with Gasteiger partial charge in [0.15, 0.2) is 11.0 Å². The average molecular weight is 387 g/mol. The lowest BCUT2D eigenvalue weighted by Gasteiger charge is -2.19. The summed E-state index contributed by atoms with van der Waals surface area (Å²) in [6.45, 7) is 15.6. The Kier molecular flexibility index (Phi) is 7.25. The van der Waals surface area contributed by atoms with E-state index < -0.39 is 0 Å². The highest BCUT2D eigenvalue weighted by molar-refractivity contribution is 8.00. The molecule has 1 N–H and O–H groups in total. The standard InChI is InChI=1S/C21H30N4OS/c1-7-13-22-19(26)15(3)27-20-24-23-18(25(20)14-8-2)16-9-11-17(12-10-16)21(4,5)6/h8-12,15H,2,7,13-14H2,1,3-6H3,(H,22,26). The lowest BCUT2D eigenvalue weighted by molar-refractivity contribution is -0.120. The van der Waals surface area contributed by atoms with E-state index in [1.807, 2.05) is 24.5 Å². The van der Waals surface area contributed by atoms with Crippen LogP contribution in [0.5, 0.6) is 0 Å². The molecule has 5 nitrogen and oxygen atoms in total. The fraction of sp³-hybridized carbons (Fsp3) is 0.476. The maximum Gasteiger partial charge on any atom is 0.233 e. The second-order valence-electron chi connectivity index (χ2n) is 7.58. The fourth-order valence-corrected chi connectivity index (χ4v) is 3.49. The quantitative estimate of drug-likeness (QED) is 0.538. The summed E-state index contributed by atoms with van der Waals surface area (Å²) in [6, 6.07) is 8.43. The number of benzene rings is 1. The molecule has 0 saturated heterocycles. The van der Waals surface area contributed by atoms with Crippen LogP contribution in [0.25, 0.3) is 11.4 Å². The van der Waals surface area contributed by atoms with Crippen LogP contribution in [-0.2, 0) is 16.8 Å². The molecule has 0 aliphatic heterocycles. The summed E-state index contributed by atoms with van der Waals surface area (Å²) in [7, 11) is 0. The number of carbonyl (C=O) groups excluding carboxylic acids is 1. The third-order valence-corrected chi connectivity index (χ3v) is 5.32. The van der Waals surface area contributed by atoms with Gasteiger partial charge in [-0.3, -0.25) is 9.36 Å². The Hall–Kier alpha value is -2.08. The van der Waals surface area contributed by atoms with Crippen molar-refractivity contribution >= 4 is 17.7 Å². The number of allylic oxidation sites excluding steroid dienone is 1. The van der Waals surface area contributed by atoms with E-state index in [9.17, 15) is 4.79 Å². The molecular weight excluding hydrogens is 356 g/mol. The maximum atomic E-state index is 12.2. The number of carbonyl (C=O) groups is 1. The first kappa shape index (κ1) is 21.2. The Labute approximate surface area is 166 Å². The molecule has 1 heterocycles. The maximum absolute atomic E-state index is 12.2. The zero-order valence-electron chi connectivity index (χ0n) is 17.0. The first-order valence-corrected chi connectivity index (χ1v) is 10.2. The van der Waals surface area contributed by atoms with E-state index in [0.29, 0.717) is 13.1 Å². The SMILES string of the molecule is C=CCn1c(SC(C)C(=O)NCCC)nnc1-c1ccc(C(C)(C)C)cc1. The fourth-order valence-electron chi connectivity index (χ4n) is 2.61. The van der Waals surface area contributed by atoms with Crippen LogP contribution in [0.3, 0.4) is 0 Å². The summed E-state index contributed by atoms with van der Waals surface area (Å²) in [5.74, 6) is 0.810. The van der Waals surface area contributed by atoms with Gasteiger partial charge in [-0.15, -0.1) is 16.8 Å². The summed E-state index contributed by atoms with van der Waals surface area (Å²) in [6.07, 6.45) is 2.74. The molecular formula is C21H30N4OS. The van der Waals surface area contributed by atoms with Gasteiger partial charge < -0.3 is 5.32 Å². The molecule has 0 spiro atoms. The molecule has 146 valence electrons. The van der Waals surface area contributed by atoms with Gasteiger partial charge in [0.05, 0.1) is 5.25 Å². The van der Waals surface area contributed by atoms with E-state index in [2.05, 4.69) is 67.1 Å². The largest absolute Gasteiger partial charge is 0.355 e. The molecule has 0 aliphatic rings. The van der Waals surface area contributed by atoms with E-state index in [0.717, 1.165) is 23.0 Å². The summed E-state index contributed by atoms with van der Waals surface area (Å²) >= 11 is 1.42. The molecule has 6 heteroatoms. The van der Waals surface area contributed by atoms with Crippen LogP contribution >= 0.6 is 11.8 Å². The van der Waals surface area contributed by atoms with Gasteiger partial charge in [-0.25, -0.2) is 0 Å². The minimum absolute atomic E-state index is 0.0195. The van der Waals surface area contributed by atoms with Crippen molar-refractivity contribution in [1.82, 2.24) is 20.1 Å². The van der Waals surface area contributed by atoms with Crippen LogP contribution in [0.15, 0.2) is 42.1 Å². The van der Waals surface area contributed by atoms with Gasteiger partial charge in [0.25, 0.3) is 0 Å². The van der Waals surface area contributed by atoms with Crippen molar-refractivity contribution in [2.45, 2.75) is 63.4 Å². The van der Waals surface area contributed by atoms with Crippen LogP contribution in [0.1, 0.15) is 46.6 Å². The first-order valence-electron chi connectivity index (χ1n) is 9.37. The number of amides is 1. The Bertz CT molecular complexity index is 774. The zero-order chi connectivity index (χ0) is 20.0. The third kappa shape index (κ3) is 5.45. The van der Waals surface area contributed by atoms with E-state index >= 15 is 0 Å². The van der Waals surface area contributed by atoms with E-state index in [4.69, 9.17) is 0 Å². The summed E-state index contributed by atoms with van der Waals surface area (Å²) in [4.78, 5) is 12.2. The van der Waals surface area contributed by atoms with Crippen molar-refractivity contribution in [3.05, 3.63) is 42.5 Å². The molecule has 2 rings (SSSR count). The van der Waals surface area contributed by atoms with Crippen LogP contribution in [0.4, 0.5) is 0 Å². The summed E-state index contributed by atoms with van der Waals surface area (Å²) < 4.78 is 2.01. The number of hydrogen-bond acceptors (Lipinski definition) is 4. The molecule has 1 unspecified atom stereocenters. The highest BCUT2D eigenvalue weighted by atomic mass is 32.2. The van der Waals surface area contributed by atoms with Gasteiger partial charge in [-0.1, -0.05) is 69.8 Å². The first-order chi connectivity index (χ1) is 12.8. The van der Waals surface area contributed by atoms with E-state index in [1.165, 1.54) is 17.3 Å². The van der Waals surface area contributed by atoms with Gasteiger partial charge >= 0.3 is 0 Å². The van der Waals surface area contributed by atoms with Crippen molar-refractivity contribution in [3.63, 3.8) is 0 Å². The lowest BCUT2D eigenvalue weighted by Crippen LogP contribution is -2.31. The van der Waals surface area contributed by atoms with Crippen LogP contribution in [0.2, 0.25) is 0 Å². The molecule has 0 fully saturated rings. The van der Waals surface area contributed by atoms with Gasteiger partial charge in [0, 0.05) is 18.7 Å². The molecule has 2 aromatic rings. The predicted octanol–water partition coefficient (Wildman–Crippen LogP) is 4.44. The molecule has 0 bridgehead atoms. The van der Waals surface area contributed by atoms with Crippen LogP contribution in [-0.4, -0.2) is 32.5 Å². The number of aromatic nitrogens is 3. The lowest BCUT2D eigenvalue weighted by atomic mass is 9.87. The molecule has 0 aliphatic carbocycles. The highest BCUT2D eigenvalue weighted by Gasteiger charge is 2.20. The predicted molar refractivity (Wildman–Crippen MR) is 113 cm³/mol. The van der Waals surface area contributed by atoms with Crippen LogP contribution < -0.4 is 5.32 Å². The van der Waals surface area contributed by atoms with Crippen molar-refractivity contribution in [3.8, 4) is 11.4 Å². The van der Waals surface area contributed by atoms with Gasteiger partial charge in [0.1, 0.15) is 0 Å². The molecule has 0 saturated carbocycles. The van der Waals surface area contributed by atoms with Crippen molar-refractivity contribution in [1.29, 1.82) is 0 Å². The number of rotatable bonds is 8. The molecule has 0 radical (unpaired) electrons. The van der Waals surface area contributed by atoms with Crippen molar-refractivity contribution in [2.75, 3.05) is 6.54 Å². The van der Waals surface area contributed by atoms with E-state index in [-0.39, 0.29) is 16.6 Å². The van der Waals surface area contributed by atoms with Crippen LogP contribution in [0, 0.1) is 0 Å². The normalized spacial score (nSPS) is 12.6. The second kappa shape index (κ2) is 9.22. The summed E-state index contributed by atoms with van der Waals surface area (Å²) in [5, 5.41) is 12.1. The van der Waals surface area contributed by atoms with Gasteiger partial charge in [-0.05, 0) is 24.3 Å². The summed E-state index contributed by atoms with van der Waals surface area (Å²) in [5.41, 5.74) is 2.39.